The minimum absolute atomic E-state index is 0.247. The summed E-state index contributed by atoms with van der Waals surface area (Å²) in [4.78, 5) is 30.3. The Labute approximate surface area is 157 Å². The van der Waals surface area contributed by atoms with E-state index in [2.05, 4.69) is 0 Å². The number of hydrogen-bond donors (Lipinski definition) is 0. The Hall–Kier alpha value is -2.15. The van der Waals surface area contributed by atoms with E-state index in [1.807, 2.05) is 26.8 Å². The molecule has 2 aromatic rings. The van der Waals surface area contributed by atoms with Gasteiger partial charge in [0, 0.05) is 19.0 Å². The van der Waals surface area contributed by atoms with Crippen LogP contribution < -0.4 is 0 Å². The van der Waals surface area contributed by atoms with Crippen molar-refractivity contribution in [1.82, 2.24) is 9.88 Å². The molecule has 0 unspecified atom stereocenters. The summed E-state index contributed by atoms with van der Waals surface area (Å²) in [6.45, 7) is 6.97. The van der Waals surface area contributed by atoms with Gasteiger partial charge in [0.05, 0.1) is 27.9 Å². The van der Waals surface area contributed by atoms with Crippen molar-refractivity contribution in [3.63, 3.8) is 0 Å². The monoisotopic (exact) mass is 376 g/mol. The standard InChI is InChI=1S/C19H24N2O4S/c1-19(2,3)25-18(23)21-9-7-12(8-10-21)16-20-14-11-13(17(22)24-4)5-6-15(14)26-16/h5-6,11-12H,7-10H2,1-4H3. The molecule has 0 N–H and O–H groups in total. The maximum Gasteiger partial charge on any atom is 0.410 e. The molecule has 6 nitrogen and oxygen atoms in total. The summed E-state index contributed by atoms with van der Waals surface area (Å²) in [7, 11) is 1.37. The molecule has 0 radical (unpaired) electrons. The Morgan fingerprint density at radius 2 is 1.92 bits per heavy atom. The molecule has 1 aromatic carbocycles. The van der Waals surface area contributed by atoms with E-state index in [1.165, 1.54) is 7.11 Å². The molecule has 0 spiro atoms. The number of ether oxygens (including phenoxy) is 2. The van der Waals surface area contributed by atoms with Crippen LogP contribution in [-0.4, -0.2) is 47.7 Å². The highest BCUT2D eigenvalue weighted by Gasteiger charge is 2.28. The molecule has 3 rings (SSSR count). The van der Waals surface area contributed by atoms with Gasteiger partial charge in [0.1, 0.15) is 5.60 Å². The molecule has 1 aromatic heterocycles. The molecule has 1 aliphatic heterocycles. The van der Waals surface area contributed by atoms with Crippen LogP contribution in [0.2, 0.25) is 0 Å². The number of methoxy groups -OCH3 is 1. The number of likely N-dealkylation sites (tertiary alicyclic amines) is 1. The first kappa shape index (κ1) is 18.6. The molecule has 1 aliphatic rings. The van der Waals surface area contributed by atoms with Crippen LogP contribution in [0.15, 0.2) is 18.2 Å². The van der Waals surface area contributed by atoms with Crippen LogP contribution in [0.5, 0.6) is 0 Å². The SMILES string of the molecule is COC(=O)c1ccc2sc(C3CCN(C(=O)OC(C)(C)C)CC3)nc2c1. The molecule has 26 heavy (non-hydrogen) atoms. The molecule has 2 heterocycles. The van der Waals surface area contributed by atoms with Gasteiger partial charge in [-0.1, -0.05) is 0 Å². The summed E-state index contributed by atoms with van der Waals surface area (Å²) >= 11 is 1.65. The van der Waals surface area contributed by atoms with Crippen LogP contribution in [0.4, 0.5) is 4.79 Å². The van der Waals surface area contributed by atoms with Gasteiger partial charge in [0.25, 0.3) is 0 Å². The van der Waals surface area contributed by atoms with Gasteiger partial charge in [-0.2, -0.15) is 0 Å². The van der Waals surface area contributed by atoms with Crippen molar-refractivity contribution in [3.05, 3.63) is 28.8 Å². The van der Waals surface area contributed by atoms with Gasteiger partial charge in [-0.25, -0.2) is 14.6 Å². The topological polar surface area (TPSA) is 68.7 Å². The molecule has 1 amide bonds. The minimum Gasteiger partial charge on any atom is -0.465 e. The predicted octanol–water partition coefficient (Wildman–Crippen LogP) is 4.20. The molecular weight excluding hydrogens is 352 g/mol. The van der Waals surface area contributed by atoms with Crippen molar-refractivity contribution in [2.45, 2.75) is 45.1 Å². The van der Waals surface area contributed by atoms with Gasteiger partial charge in [0.15, 0.2) is 0 Å². The van der Waals surface area contributed by atoms with E-state index in [1.54, 1.807) is 28.4 Å². The molecule has 140 valence electrons. The van der Waals surface area contributed by atoms with Crippen LogP contribution in [0.25, 0.3) is 10.2 Å². The number of carbonyl (C=O) groups excluding carboxylic acids is 2. The molecule has 0 bridgehead atoms. The molecule has 0 aliphatic carbocycles. The highest BCUT2D eigenvalue weighted by molar-refractivity contribution is 7.18. The first-order valence-corrected chi connectivity index (χ1v) is 9.55. The van der Waals surface area contributed by atoms with Crippen LogP contribution in [0.3, 0.4) is 0 Å². The quantitative estimate of drug-likeness (QED) is 0.735. The van der Waals surface area contributed by atoms with Crippen molar-refractivity contribution in [2.24, 2.45) is 0 Å². The molecule has 7 heteroatoms. The fourth-order valence-corrected chi connectivity index (χ4v) is 4.12. The molecule has 1 saturated heterocycles. The van der Waals surface area contributed by atoms with Gasteiger partial charge in [-0.3, -0.25) is 0 Å². The predicted molar refractivity (Wildman–Crippen MR) is 101 cm³/mol. The van der Waals surface area contributed by atoms with Crippen molar-refractivity contribution in [2.75, 3.05) is 20.2 Å². The third-order valence-corrected chi connectivity index (χ3v) is 5.52. The second-order valence-corrected chi connectivity index (χ2v) is 8.53. The van der Waals surface area contributed by atoms with Crippen molar-refractivity contribution in [1.29, 1.82) is 0 Å². The van der Waals surface area contributed by atoms with Crippen LogP contribution in [0.1, 0.15) is 54.9 Å². The fraction of sp³-hybridized carbons (Fsp3) is 0.526. The van der Waals surface area contributed by atoms with E-state index >= 15 is 0 Å². The number of piperidine rings is 1. The molecular formula is C19H24N2O4S. The number of fused-ring (bicyclic) bond motifs is 1. The second kappa shape index (κ2) is 7.23. The number of thiazole rings is 1. The average Bonchev–Trinajstić information content (AvgIpc) is 3.02. The lowest BCUT2D eigenvalue weighted by molar-refractivity contribution is 0.0204. The van der Waals surface area contributed by atoms with E-state index in [-0.39, 0.29) is 12.1 Å². The Kier molecular flexibility index (Phi) is 5.18. The van der Waals surface area contributed by atoms with E-state index in [4.69, 9.17) is 14.5 Å². The lowest BCUT2D eigenvalue weighted by Crippen LogP contribution is -2.41. The Balaban J connectivity index is 1.67. The molecule has 0 saturated carbocycles. The number of esters is 1. The number of benzene rings is 1. The summed E-state index contributed by atoms with van der Waals surface area (Å²) < 4.78 is 11.3. The molecule has 1 fully saturated rings. The zero-order valence-electron chi connectivity index (χ0n) is 15.6. The van der Waals surface area contributed by atoms with Crippen LogP contribution in [-0.2, 0) is 9.47 Å². The fourth-order valence-electron chi connectivity index (χ4n) is 3.00. The van der Waals surface area contributed by atoms with Crippen LogP contribution >= 0.6 is 11.3 Å². The maximum atomic E-state index is 12.2. The first-order valence-electron chi connectivity index (χ1n) is 8.73. The zero-order valence-corrected chi connectivity index (χ0v) is 16.4. The van der Waals surface area contributed by atoms with Gasteiger partial charge < -0.3 is 14.4 Å². The van der Waals surface area contributed by atoms with Crippen LogP contribution in [0, 0.1) is 0 Å². The van der Waals surface area contributed by atoms with E-state index in [9.17, 15) is 9.59 Å². The second-order valence-electron chi connectivity index (χ2n) is 7.47. The third-order valence-electron chi connectivity index (χ3n) is 4.32. The van der Waals surface area contributed by atoms with E-state index in [0.29, 0.717) is 24.6 Å². The number of amides is 1. The highest BCUT2D eigenvalue weighted by Crippen LogP contribution is 2.34. The van der Waals surface area contributed by atoms with Gasteiger partial charge in [0.2, 0.25) is 0 Å². The lowest BCUT2D eigenvalue weighted by Gasteiger charge is -2.32. The van der Waals surface area contributed by atoms with Crippen molar-refractivity contribution >= 4 is 33.6 Å². The normalized spacial score (nSPS) is 15.9. The highest BCUT2D eigenvalue weighted by atomic mass is 32.1. The Morgan fingerprint density at radius 3 is 2.54 bits per heavy atom. The summed E-state index contributed by atoms with van der Waals surface area (Å²) in [6, 6.07) is 5.46. The number of rotatable bonds is 2. The summed E-state index contributed by atoms with van der Waals surface area (Å²) in [5.41, 5.74) is 0.859. The summed E-state index contributed by atoms with van der Waals surface area (Å²) in [5, 5.41) is 1.06. The summed E-state index contributed by atoms with van der Waals surface area (Å²) in [6.07, 6.45) is 1.48. The Morgan fingerprint density at radius 1 is 1.23 bits per heavy atom. The van der Waals surface area contributed by atoms with Gasteiger partial charge in [-0.15, -0.1) is 11.3 Å². The number of aromatic nitrogens is 1. The smallest absolute Gasteiger partial charge is 0.410 e. The lowest BCUT2D eigenvalue weighted by atomic mass is 9.98. The van der Waals surface area contributed by atoms with Crippen molar-refractivity contribution in [3.8, 4) is 0 Å². The van der Waals surface area contributed by atoms with E-state index < -0.39 is 5.60 Å². The maximum absolute atomic E-state index is 12.2. The van der Waals surface area contributed by atoms with Crippen molar-refractivity contribution < 1.29 is 19.1 Å². The van der Waals surface area contributed by atoms with Gasteiger partial charge in [-0.05, 0) is 51.8 Å². The Bertz CT molecular complexity index is 817. The first-order chi connectivity index (χ1) is 12.3. The average molecular weight is 376 g/mol. The number of carbonyl (C=O) groups is 2. The minimum atomic E-state index is -0.474. The zero-order chi connectivity index (χ0) is 18.9. The number of hydrogen-bond acceptors (Lipinski definition) is 6. The molecule has 0 atom stereocenters. The summed E-state index contributed by atoms with van der Waals surface area (Å²) in [5.74, 6) is -0.0280. The van der Waals surface area contributed by atoms with Gasteiger partial charge >= 0.3 is 12.1 Å². The van der Waals surface area contributed by atoms with E-state index in [0.717, 1.165) is 28.1 Å². The third kappa shape index (κ3) is 4.15. The largest absolute Gasteiger partial charge is 0.465 e. The number of nitrogens with zero attached hydrogens (tertiary/aromatic N) is 2.